The van der Waals surface area contributed by atoms with E-state index in [1.54, 1.807) is 6.20 Å². The predicted molar refractivity (Wildman–Crippen MR) is 52.6 cm³/mol. The lowest BCUT2D eigenvalue weighted by atomic mass is 10.2. The largest absolute Gasteiger partial charge is 0.272 e. The minimum absolute atomic E-state index is 0.246. The van der Waals surface area contributed by atoms with Crippen LogP contribution in [0.4, 0.5) is 5.69 Å². The van der Waals surface area contributed by atoms with Gasteiger partial charge in [-0.05, 0) is 25.5 Å². The van der Waals surface area contributed by atoms with Crippen molar-refractivity contribution in [1.29, 1.82) is 0 Å². The maximum atomic E-state index is 6.84. The molecule has 1 aromatic heterocycles. The normalized spacial score (nSPS) is 12.2. The van der Waals surface area contributed by atoms with E-state index in [4.69, 9.17) is 6.57 Å². The SMILES string of the molecule is [C-]#[N+]c1cnc(C(C)Br)cc1C. The fourth-order valence-corrected chi connectivity index (χ4v) is 1.16. The summed E-state index contributed by atoms with van der Waals surface area (Å²) in [6, 6.07) is 1.94. The standard InChI is InChI=1S/C9H9BrN2/c1-6-4-8(7(2)10)12-5-9(6)11-3/h4-5,7H,1-2H3. The number of alkyl halides is 1. The van der Waals surface area contributed by atoms with E-state index in [-0.39, 0.29) is 4.83 Å². The van der Waals surface area contributed by atoms with E-state index in [1.807, 2.05) is 19.9 Å². The van der Waals surface area contributed by atoms with Crippen molar-refractivity contribution in [3.63, 3.8) is 0 Å². The Kier molecular flexibility index (Phi) is 2.83. The molecule has 2 nitrogen and oxygen atoms in total. The molecule has 12 heavy (non-hydrogen) atoms. The zero-order chi connectivity index (χ0) is 9.14. The van der Waals surface area contributed by atoms with Gasteiger partial charge in [-0.3, -0.25) is 4.98 Å². The van der Waals surface area contributed by atoms with Crippen molar-refractivity contribution in [3.8, 4) is 0 Å². The van der Waals surface area contributed by atoms with Crippen LogP contribution >= 0.6 is 15.9 Å². The fraction of sp³-hybridized carbons (Fsp3) is 0.333. The summed E-state index contributed by atoms with van der Waals surface area (Å²) in [6.45, 7) is 10.8. The van der Waals surface area contributed by atoms with Crippen molar-refractivity contribution in [2.75, 3.05) is 0 Å². The van der Waals surface area contributed by atoms with Crippen molar-refractivity contribution in [3.05, 3.63) is 34.9 Å². The molecule has 0 fully saturated rings. The lowest BCUT2D eigenvalue weighted by Crippen LogP contribution is -1.89. The molecule has 1 unspecified atom stereocenters. The quantitative estimate of drug-likeness (QED) is 0.528. The number of hydrogen-bond acceptors (Lipinski definition) is 1. The highest BCUT2D eigenvalue weighted by Crippen LogP contribution is 2.24. The van der Waals surface area contributed by atoms with Crippen molar-refractivity contribution in [2.45, 2.75) is 18.7 Å². The maximum absolute atomic E-state index is 6.84. The van der Waals surface area contributed by atoms with Gasteiger partial charge in [-0.15, -0.1) is 0 Å². The highest BCUT2D eigenvalue weighted by Gasteiger charge is 2.04. The third-order valence-corrected chi connectivity index (χ3v) is 2.10. The number of aryl methyl sites for hydroxylation is 1. The van der Waals surface area contributed by atoms with Gasteiger partial charge in [0.25, 0.3) is 0 Å². The summed E-state index contributed by atoms with van der Waals surface area (Å²) in [4.78, 5) is 7.74. The molecule has 1 heterocycles. The molecule has 0 aliphatic heterocycles. The van der Waals surface area contributed by atoms with E-state index in [2.05, 4.69) is 25.8 Å². The van der Waals surface area contributed by atoms with Crippen LogP contribution in [0.15, 0.2) is 12.3 Å². The van der Waals surface area contributed by atoms with Gasteiger partial charge in [-0.25, -0.2) is 4.85 Å². The van der Waals surface area contributed by atoms with Crippen LogP contribution in [0.25, 0.3) is 4.85 Å². The number of halogens is 1. The number of pyridine rings is 1. The van der Waals surface area contributed by atoms with Gasteiger partial charge >= 0.3 is 0 Å². The molecule has 0 saturated heterocycles. The van der Waals surface area contributed by atoms with E-state index >= 15 is 0 Å². The maximum Gasteiger partial charge on any atom is 0.207 e. The van der Waals surface area contributed by atoms with E-state index in [0.29, 0.717) is 5.69 Å². The van der Waals surface area contributed by atoms with E-state index in [9.17, 15) is 0 Å². The summed E-state index contributed by atoms with van der Waals surface area (Å²) in [5.74, 6) is 0. The molecule has 1 atom stereocenters. The molecule has 1 aromatic rings. The van der Waals surface area contributed by atoms with Gasteiger partial charge < -0.3 is 0 Å². The highest BCUT2D eigenvalue weighted by molar-refractivity contribution is 9.09. The summed E-state index contributed by atoms with van der Waals surface area (Å²) in [5.41, 5.74) is 2.59. The molecule has 0 amide bonds. The fourth-order valence-electron chi connectivity index (χ4n) is 0.905. The molecular weight excluding hydrogens is 216 g/mol. The van der Waals surface area contributed by atoms with Crippen molar-refractivity contribution < 1.29 is 0 Å². The topological polar surface area (TPSA) is 17.2 Å². The second-order valence-electron chi connectivity index (χ2n) is 2.62. The van der Waals surface area contributed by atoms with Crippen molar-refractivity contribution in [1.82, 2.24) is 4.98 Å². The van der Waals surface area contributed by atoms with Gasteiger partial charge in [0.2, 0.25) is 5.69 Å². The second-order valence-corrected chi connectivity index (χ2v) is 4.00. The number of nitrogens with zero attached hydrogens (tertiary/aromatic N) is 2. The molecule has 62 valence electrons. The van der Waals surface area contributed by atoms with Crippen LogP contribution in [-0.2, 0) is 0 Å². The summed E-state index contributed by atoms with van der Waals surface area (Å²) in [7, 11) is 0. The van der Waals surface area contributed by atoms with Crippen LogP contribution in [0.2, 0.25) is 0 Å². The molecule has 0 spiro atoms. The van der Waals surface area contributed by atoms with Crippen LogP contribution < -0.4 is 0 Å². The van der Waals surface area contributed by atoms with Gasteiger partial charge in [0, 0.05) is 6.20 Å². The Morgan fingerprint density at radius 3 is 2.75 bits per heavy atom. The lowest BCUT2D eigenvalue weighted by Gasteiger charge is -2.04. The van der Waals surface area contributed by atoms with Gasteiger partial charge in [0.1, 0.15) is 0 Å². The highest BCUT2D eigenvalue weighted by atomic mass is 79.9. The Morgan fingerprint density at radius 2 is 2.33 bits per heavy atom. The first-order valence-electron chi connectivity index (χ1n) is 3.63. The van der Waals surface area contributed by atoms with Gasteiger partial charge in [0.15, 0.2) is 0 Å². The summed E-state index contributed by atoms with van der Waals surface area (Å²) in [6.07, 6.45) is 1.62. The first-order valence-corrected chi connectivity index (χ1v) is 4.54. The Labute approximate surface area is 80.6 Å². The first-order chi connectivity index (χ1) is 5.65. The Morgan fingerprint density at radius 1 is 1.67 bits per heavy atom. The lowest BCUT2D eigenvalue weighted by molar-refractivity contribution is 1.02. The first kappa shape index (κ1) is 9.21. The molecular formula is C9H9BrN2. The van der Waals surface area contributed by atoms with Crippen molar-refractivity contribution in [2.24, 2.45) is 0 Å². The molecule has 0 radical (unpaired) electrons. The van der Waals surface area contributed by atoms with E-state index < -0.39 is 0 Å². The molecule has 0 aliphatic carbocycles. The summed E-state index contributed by atoms with van der Waals surface area (Å²) in [5, 5.41) is 0. The zero-order valence-electron chi connectivity index (χ0n) is 7.00. The molecule has 0 bridgehead atoms. The smallest absolute Gasteiger partial charge is 0.207 e. The number of aromatic nitrogens is 1. The predicted octanol–water partition coefficient (Wildman–Crippen LogP) is 3.40. The van der Waals surface area contributed by atoms with Gasteiger partial charge in [-0.1, -0.05) is 15.9 Å². The summed E-state index contributed by atoms with van der Waals surface area (Å²) < 4.78 is 0. The molecule has 0 N–H and O–H groups in total. The van der Waals surface area contributed by atoms with Crippen LogP contribution in [0.1, 0.15) is 23.0 Å². The monoisotopic (exact) mass is 224 g/mol. The van der Waals surface area contributed by atoms with Gasteiger partial charge in [-0.2, -0.15) is 0 Å². The number of hydrogen-bond donors (Lipinski definition) is 0. The molecule has 3 heteroatoms. The molecule has 0 aromatic carbocycles. The van der Waals surface area contributed by atoms with Crippen molar-refractivity contribution >= 4 is 21.6 Å². The Bertz CT molecular complexity index is 326. The van der Waals surface area contributed by atoms with Crippen LogP contribution in [0.5, 0.6) is 0 Å². The number of rotatable bonds is 1. The van der Waals surface area contributed by atoms with Crippen LogP contribution in [0.3, 0.4) is 0 Å². The average molecular weight is 225 g/mol. The zero-order valence-corrected chi connectivity index (χ0v) is 8.59. The van der Waals surface area contributed by atoms with Crippen LogP contribution in [0, 0.1) is 13.5 Å². The molecule has 0 saturated carbocycles. The van der Waals surface area contributed by atoms with E-state index in [1.165, 1.54) is 0 Å². The van der Waals surface area contributed by atoms with Gasteiger partial charge in [0.05, 0.1) is 17.1 Å². The Hall–Kier alpha value is -0.880. The summed E-state index contributed by atoms with van der Waals surface area (Å²) >= 11 is 3.42. The minimum atomic E-state index is 0.246. The Balaban J connectivity index is 3.12. The van der Waals surface area contributed by atoms with E-state index in [0.717, 1.165) is 11.3 Å². The minimum Gasteiger partial charge on any atom is -0.272 e. The third kappa shape index (κ3) is 1.83. The average Bonchev–Trinajstić information content (AvgIpc) is 2.04. The molecule has 1 rings (SSSR count). The third-order valence-electron chi connectivity index (χ3n) is 1.63. The van der Waals surface area contributed by atoms with Crippen LogP contribution in [-0.4, -0.2) is 4.98 Å². The molecule has 0 aliphatic rings. The second kappa shape index (κ2) is 3.68.